The van der Waals surface area contributed by atoms with Crippen LogP contribution in [0.4, 0.5) is 0 Å². The van der Waals surface area contributed by atoms with E-state index < -0.39 is 17.9 Å². The van der Waals surface area contributed by atoms with Gasteiger partial charge >= 0.3 is 11.9 Å². The minimum Gasteiger partial charge on any atom is -0.481 e. The minimum absolute atomic E-state index is 0.0522. The van der Waals surface area contributed by atoms with Crippen molar-refractivity contribution in [2.45, 2.75) is 88.0 Å². The van der Waals surface area contributed by atoms with Gasteiger partial charge in [0.1, 0.15) is 0 Å². The Kier molecular flexibility index (Phi) is 9.41. The van der Waals surface area contributed by atoms with Gasteiger partial charge in [0.05, 0.1) is 12.5 Å². The summed E-state index contributed by atoms with van der Waals surface area (Å²) in [5.74, 6) is -1.84. The second kappa shape index (κ2) is 9.95. The van der Waals surface area contributed by atoms with Gasteiger partial charge in [-0.3, -0.25) is 4.79 Å². The number of aliphatic carboxylic acids is 1. The van der Waals surface area contributed by atoms with Gasteiger partial charge in [0, 0.05) is 6.08 Å². The molecule has 0 aliphatic heterocycles. The van der Waals surface area contributed by atoms with Crippen molar-refractivity contribution in [3.8, 4) is 0 Å². The van der Waals surface area contributed by atoms with Gasteiger partial charge in [-0.15, -0.1) is 0 Å². The van der Waals surface area contributed by atoms with E-state index in [1.54, 1.807) is 0 Å². The number of carbonyl (C=O) groups excluding carboxylic acids is 1. The van der Waals surface area contributed by atoms with Gasteiger partial charge in [-0.05, 0) is 47.3 Å². The highest BCUT2D eigenvalue weighted by Crippen LogP contribution is 2.55. The lowest BCUT2D eigenvalue weighted by Gasteiger charge is -2.51. The molecule has 4 nitrogen and oxygen atoms in total. The van der Waals surface area contributed by atoms with Crippen LogP contribution in [0.1, 0.15) is 88.0 Å². The van der Waals surface area contributed by atoms with E-state index in [0.29, 0.717) is 19.3 Å². The molecular formula is C25H44O4. The van der Waals surface area contributed by atoms with Crippen molar-refractivity contribution in [1.82, 2.24) is 0 Å². The van der Waals surface area contributed by atoms with Gasteiger partial charge in [-0.1, -0.05) is 81.0 Å². The molecule has 0 saturated heterocycles. The fraction of sp³-hybridized carbons (Fsp3) is 0.760. The number of hydrogen-bond acceptors (Lipinski definition) is 3. The summed E-state index contributed by atoms with van der Waals surface area (Å²) in [4.78, 5) is 22.9. The van der Waals surface area contributed by atoms with Crippen LogP contribution in [0.25, 0.3) is 0 Å². The van der Waals surface area contributed by atoms with Crippen LogP contribution in [0.2, 0.25) is 0 Å². The zero-order valence-electron chi connectivity index (χ0n) is 20.3. The molecule has 0 saturated carbocycles. The molecule has 1 atom stereocenters. The number of carboxylic acid groups (broad SMARTS) is 1. The van der Waals surface area contributed by atoms with E-state index >= 15 is 0 Å². The second-order valence-electron chi connectivity index (χ2n) is 11.2. The SMILES string of the molecule is C=CC(=O)OCCCC(CC(=C)C(C)(C)C(C)(C)CC(C)(C)C(C)(C)C)C(=O)O. The third kappa shape index (κ3) is 7.64. The third-order valence-electron chi connectivity index (χ3n) is 7.44. The Balaban J connectivity index is 5.20. The summed E-state index contributed by atoms with van der Waals surface area (Å²) in [6.07, 6.45) is 3.50. The van der Waals surface area contributed by atoms with Crippen molar-refractivity contribution in [1.29, 1.82) is 0 Å². The lowest BCUT2D eigenvalue weighted by molar-refractivity contribution is -0.142. The van der Waals surface area contributed by atoms with Crippen LogP contribution in [0.3, 0.4) is 0 Å². The van der Waals surface area contributed by atoms with Gasteiger partial charge in [-0.25, -0.2) is 4.79 Å². The zero-order chi connectivity index (χ0) is 23.3. The Labute approximate surface area is 178 Å². The molecule has 168 valence electrons. The van der Waals surface area contributed by atoms with E-state index in [9.17, 15) is 14.7 Å². The first-order chi connectivity index (χ1) is 12.9. The maximum Gasteiger partial charge on any atom is 0.330 e. The first-order valence-corrected chi connectivity index (χ1v) is 10.6. The molecule has 0 spiro atoms. The summed E-state index contributed by atoms with van der Waals surface area (Å²) in [5.41, 5.74) is 0.966. The second-order valence-corrected chi connectivity index (χ2v) is 11.2. The van der Waals surface area contributed by atoms with Crippen LogP contribution in [0.15, 0.2) is 24.8 Å². The first kappa shape index (κ1) is 27.4. The largest absolute Gasteiger partial charge is 0.481 e. The van der Waals surface area contributed by atoms with Crippen LogP contribution in [-0.2, 0) is 14.3 Å². The molecule has 0 fully saturated rings. The molecule has 0 aliphatic carbocycles. The lowest BCUT2D eigenvalue weighted by Crippen LogP contribution is -2.42. The van der Waals surface area contributed by atoms with E-state index in [1.165, 1.54) is 0 Å². The van der Waals surface area contributed by atoms with Gasteiger partial charge in [0.25, 0.3) is 0 Å². The molecule has 0 heterocycles. The van der Waals surface area contributed by atoms with Crippen molar-refractivity contribution in [2.24, 2.45) is 27.6 Å². The van der Waals surface area contributed by atoms with E-state index in [2.05, 4.69) is 75.5 Å². The number of rotatable bonds is 12. The van der Waals surface area contributed by atoms with Crippen molar-refractivity contribution in [2.75, 3.05) is 6.61 Å². The van der Waals surface area contributed by atoms with Crippen LogP contribution in [-0.4, -0.2) is 23.7 Å². The molecule has 1 unspecified atom stereocenters. The first-order valence-electron chi connectivity index (χ1n) is 10.6. The molecule has 0 rings (SSSR count). The zero-order valence-corrected chi connectivity index (χ0v) is 20.3. The monoisotopic (exact) mass is 408 g/mol. The summed E-state index contributed by atoms with van der Waals surface area (Å²) in [7, 11) is 0. The molecule has 0 amide bonds. The fourth-order valence-corrected chi connectivity index (χ4v) is 3.50. The molecular weight excluding hydrogens is 364 g/mol. The number of esters is 1. The Bertz CT molecular complexity index is 603. The normalized spacial score (nSPS) is 14.2. The average Bonchev–Trinajstić information content (AvgIpc) is 2.54. The minimum atomic E-state index is -0.829. The van der Waals surface area contributed by atoms with E-state index in [0.717, 1.165) is 18.1 Å². The topological polar surface area (TPSA) is 63.6 Å². The van der Waals surface area contributed by atoms with E-state index in [4.69, 9.17) is 4.74 Å². The Morgan fingerprint density at radius 3 is 1.93 bits per heavy atom. The van der Waals surface area contributed by atoms with Crippen molar-refractivity contribution >= 4 is 11.9 Å². The van der Waals surface area contributed by atoms with Gasteiger partial charge in [-0.2, -0.15) is 0 Å². The van der Waals surface area contributed by atoms with Gasteiger partial charge < -0.3 is 9.84 Å². The molecule has 0 bridgehead atoms. The van der Waals surface area contributed by atoms with Crippen LogP contribution < -0.4 is 0 Å². The molecule has 4 heteroatoms. The van der Waals surface area contributed by atoms with E-state index in [-0.39, 0.29) is 28.3 Å². The molecule has 0 aliphatic rings. The summed E-state index contributed by atoms with van der Waals surface area (Å²) < 4.78 is 4.96. The highest BCUT2D eigenvalue weighted by molar-refractivity contribution is 5.81. The number of hydrogen-bond donors (Lipinski definition) is 1. The molecule has 0 aromatic rings. The van der Waals surface area contributed by atoms with Crippen molar-refractivity contribution in [3.63, 3.8) is 0 Å². The van der Waals surface area contributed by atoms with Gasteiger partial charge in [0.2, 0.25) is 0 Å². The maximum absolute atomic E-state index is 11.8. The molecule has 1 N–H and O–H groups in total. The number of carboxylic acids is 1. The predicted molar refractivity (Wildman–Crippen MR) is 121 cm³/mol. The lowest BCUT2D eigenvalue weighted by atomic mass is 9.54. The highest BCUT2D eigenvalue weighted by atomic mass is 16.5. The van der Waals surface area contributed by atoms with Crippen LogP contribution in [0, 0.1) is 27.6 Å². The van der Waals surface area contributed by atoms with E-state index in [1.807, 2.05) is 0 Å². The Morgan fingerprint density at radius 1 is 1.00 bits per heavy atom. The molecule has 0 aromatic heterocycles. The summed E-state index contributed by atoms with van der Waals surface area (Å²) >= 11 is 0. The molecule has 0 aromatic carbocycles. The van der Waals surface area contributed by atoms with Gasteiger partial charge in [0.15, 0.2) is 0 Å². The van der Waals surface area contributed by atoms with Crippen LogP contribution in [0.5, 0.6) is 0 Å². The molecule has 0 radical (unpaired) electrons. The standard InChI is InChI=1S/C25H44O4/c1-12-20(26)29-15-13-14-19(21(27)28)16-18(2)25(10,11)24(8,9)17-23(6,7)22(3,4)5/h12,19H,1-2,13-17H2,3-11H3,(H,27,28). The number of ether oxygens (including phenoxy) is 1. The Morgan fingerprint density at radius 2 is 1.52 bits per heavy atom. The van der Waals surface area contributed by atoms with Crippen molar-refractivity contribution in [3.05, 3.63) is 24.8 Å². The summed E-state index contributed by atoms with van der Waals surface area (Å²) in [5, 5.41) is 9.67. The predicted octanol–water partition coefficient (Wildman–Crippen LogP) is 6.66. The number of allylic oxidation sites excluding steroid dienone is 1. The maximum atomic E-state index is 11.8. The quantitative estimate of drug-likeness (QED) is 0.170. The smallest absolute Gasteiger partial charge is 0.330 e. The summed E-state index contributed by atoms with van der Waals surface area (Å²) in [6, 6.07) is 0. The molecule has 29 heavy (non-hydrogen) atoms. The fourth-order valence-electron chi connectivity index (χ4n) is 3.50. The van der Waals surface area contributed by atoms with Crippen molar-refractivity contribution < 1.29 is 19.4 Å². The highest BCUT2D eigenvalue weighted by Gasteiger charge is 2.46. The number of carbonyl (C=O) groups is 2. The summed E-state index contributed by atoms with van der Waals surface area (Å²) in [6.45, 7) is 28.2. The Hall–Kier alpha value is -1.58. The third-order valence-corrected chi connectivity index (χ3v) is 7.44. The average molecular weight is 409 g/mol. The van der Waals surface area contributed by atoms with Crippen LogP contribution >= 0.6 is 0 Å².